The highest BCUT2D eigenvalue weighted by atomic mass is 35.5. The van der Waals surface area contributed by atoms with Crippen molar-refractivity contribution in [1.29, 1.82) is 0 Å². The summed E-state index contributed by atoms with van der Waals surface area (Å²) in [5, 5.41) is 0.574. The van der Waals surface area contributed by atoms with Crippen molar-refractivity contribution in [3.8, 4) is 0 Å². The molecule has 2 atom stereocenters. The topological polar surface area (TPSA) is 0 Å². The van der Waals surface area contributed by atoms with Crippen molar-refractivity contribution >= 4 is 11.6 Å². The van der Waals surface area contributed by atoms with Gasteiger partial charge in [-0.2, -0.15) is 0 Å². The summed E-state index contributed by atoms with van der Waals surface area (Å²) in [6.45, 7) is 0. The minimum Gasteiger partial charge on any atom is -0.122 e. The number of hydrogen-bond donors (Lipinski definition) is 0. The Morgan fingerprint density at radius 2 is 1.44 bits per heavy atom. The van der Waals surface area contributed by atoms with E-state index >= 15 is 0 Å². The first-order valence-corrected chi connectivity index (χ1v) is 4.47. The molecule has 2 saturated carbocycles. The number of halogens is 1. The predicted octanol–water partition coefficient (Wildman–Crippen LogP) is 2.80. The zero-order valence-electron chi connectivity index (χ0n) is 5.65. The van der Waals surface area contributed by atoms with Crippen LogP contribution < -0.4 is 0 Å². The van der Waals surface area contributed by atoms with Crippen molar-refractivity contribution in [3.63, 3.8) is 0 Å². The fourth-order valence-corrected chi connectivity index (χ4v) is 2.62. The molecule has 0 aromatic carbocycles. The molecule has 0 spiro atoms. The smallest absolute Gasteiger partial charge is 0.0398 e. The first-order valence-electron chi connectivity index (χ1n) is 4.03. The van der Waals surface area contributed by atoms with Crippen molar-refractivity contribution in [1.82, 2.24) is 0 Å². The Bertz CT molecular complexity index is 99.1. The van der Waals surface area contributed by atoms with Gasteiger partial charge in [0, 0.05) is 5.38 Å². The lowest BCUT2D eigenvalue weighted by atomic mass is 10.2. The van der Waals surface area contributed by atoms with E-state index < -0.39 is 0 Å². The molecule has 0 N–H and O–H groups in total. The van der Waals surface area contributed by atoms with Crippen molar-refractivity contribution in [2.45, 2.75) is 37.5 Å². The van der Waals surface area contributed by atoms with Gasteiger partial charge in [-0.3, -0.25) is 0 Å². The lowest BCUT2D eigenvalue weighted by molar-refractivity contribution is 0.646. The molecule has 0 aromatic rings. The summed E-state index contributed by atoms with van der Waals surface area (Å²) in [6, 6.07) is 0. The molecule has 9 heavy (non-hydrogen) atoms. The zero-order valence-corrected chi connectivity index (χ0v) is 6.40. The first kappa shape index (κ1) is 6.03. The maximum Gasteiger partial charge on any atom is 0.0398 e. The zero-order chi connectivity index (χ0) is 6.27. The largest absolute Gasteiger partial charge is 0.122 e. The Morgan fingerprint density at radius 1 is 0.889 bits per heavy atom. The van der Waals surface area contributed by atoms with Crippen LogP contribution in [-0.4, -0.2) is 5.38 Å². The average Bonchev–Trinajstić information content (AvgIpc) is 2.51. The second-order valence-corrected chi connectivity index (χ2v) is 3.91. The maximum atomic E-state index is 6.03. The Kier molecular flexibility index (Phi) is 1.45. The van der Waals surface area contributed by atoms with E-state index in [0.717, 1.165) is 11.8 Å². The van der Waals surface area contributed by atoms with Crippen LogP contribution in [0.2, 0.25) is 0 Å². The minimum atomic E-state index is 0.574. The maximum absolute atomic E-state index is 6.03. The highest BCUT2D eigenvalue weighted by Gasteiger charge is 2.48. The van der Waals surface area contributed by atoms with Gasteiger partial charge in [-0.25, -0.2) is 0 Å². The summed E-state index contributed by atoms with van der Waals surface area (Å²) in [5.74, 6) is 1.85. The predicted molar refractivity (Wildman–Crippen MR) is 39.7 cm³/mol. The van der Waals surface area contributed by atoms with Gasteiger partial charge in [-0.05, 0) is 24.7 Å². The first-order chi connectivity index (χ1) is 4.39. The van der Waals surface area contributed by atoms with Gasteiger partial charge in [0.2, 0.25) is 0 Å². The van der Waals surface area contributed by atoms with Crippen molar-refractivity contribution < 1.29 is 0 Å². The minimum absolute atomic E-state index is 0.574. The quantitative estimate of drug-likeness (QED) is 0.459. The van der Waals surface area contributed by atoms with Gasteiger partial charge < -0.3 is 0 Å². The van der Waals surface area contributed by atoms with Crippen LogP contribution in [0.4, 0.5) is 0 Å². The molecule has 0 saturated heterocycles. The van der Waals surface area contributed by atoms with Crippen LogP contribution in [0.3, 0.4) is 0 Å². The Balaban J connectivity index is 1.93. The summed E-state index contributed by atoms with van der Waals surface area (Å²) in [6.07, 6.45) is 7.16. The number of alkyl halides is 1. The highest BCUT2D eigenvalue weighted by Crippen LogP contribution is 2.51. The molecule has 52 valence electrons. The third-order valence-electron chi connectivity index (χ3n) is 2.80. The van der Waals surface area contributed by atoms with Crippen molar-refractivity contribution in [2.24, 2.45) is 11.8 Å². The normalized spacial score (nSPS) is 49.7. The van der Waals surface area contributed by atoms with Crippen LogP contribution >= 0.6 is 11.6 Å². The molecule has 0 bridgehead atoms. The molecule has 2 aliphatic rings. The van der Waals surface area contributed by atoms with Crippen molar-refractivity contribution in [2.75, 3.05) is 0 Å². The van der Waals surface area contributed by atoms with E-state index in [-0.39, 0.29) is 0 Å². The molecule has 0 heterocycles. The molecule has 0 unspecified atom stereocenters. The summed E-state index contributed by atoms with van der Waals surface area (Å²) in [7, 11) is 0. The highest BCUT2D eigenvalue weighted by molar-refractivity contribution is 6.23. The van der Waals surface area contributed by atoms with Crippen LogP contribution in [0.5, 0.6) is 0 Å². The number of fused-ring (bicyclic) bond motifs is 1. The Hall–Kier alpha value is 0.290. The third-order valence-corrected chi connectivity index (χ3v) is 3.45. The average molecular weight is 145 g/mol. The molecule has 2 fully saturated rings. The van der Waals surface area contributed by atoms with Crippen LogP contribution in [0.25, 0.3) is 0 Å². The van der Waals surface area contributed by atoms with Gasteiger partial charge in [0.15, 0.2) is 0 Å². The molecule has 2 aliphatic carbocycles. The summed E-state index contributed by atoms with van der Waals surface area (Å²) < 4.78 is 0. The fraction of sp³-hybridized carbons (Fsp3) is 1.00. The van der Waals surface area contributed by atoms with Gasteiger partial charge >= 0.3 is 0 Å². The van der Waals surface area contributed by atoms with E-state index in [9.17, 15) is 0 Å². The summed E-state index contributed by atoms with van der Waals surface area (Å²) in [5.41, 5.74) is 0. The molecular weight excluding hydrogens is 132 g/mol. The van der Waals surface area contributed by atoms with Gasteiger partial charge in [0.1, 0.15) is 0 Å². The molecule has 0 radical (unpaired) electrons. The molecular formula is C8H13Cl. The number of rotatable bonds is 0. The molecule has 1 heteroatoms. The van der Waals surface area contributed by atoms with E-state index in [0.29, 0.717) is 5.38 Å². The lowest BCUT2D eigenvalue weighted by Gasteiger charge is -1.93. The van der Waals surface area contributed by atoms with Gasteiger partial charge in [-0.1, -0.05) is 19.3 Å². The summed E-state index contributed by atoms with van der Waals surface area (Å²) >= 11 is 6.03. The van der Waals surface area contributed by atoms with Gasteiger partial charge in [0.05, 0.1) is 0 Å². The molecule has 0 nitrogen and oxygen atoms in total. The Labute approximate surface area is 61.6 Å². The molecule has 2 rings (SSSR count). The Morgan fingerprint density at radius 3 is 2.00 bits per heavy atom. The molecule has 0 amide bonds. The molecule has 0 aliphatic heterocycles. The van der Waals surface area contributed by atoms with Crippen LogP contribution in [0.1, 0.15) is 32.1 Å². The van der Waals surface area contributed by atoms with Gasteiger partial charge in [0.25, 0.3) is 0 Å². The lowest BCUT2D eigenvalue weighted by Crippen LogP contribution is -1.81. The van der Waals surface area contributed by atoms with Gasteiger partial charge in [-0.15, -0.1) is 11.6 Å². The van der Waals surface area contributed by atoms with Crippen LogP contribution in [0.15, 0.2) is 0 Å². The number of hydrogen-bond acceptors (Lipinski definition) is 0. The van der Waals surface area contributed by atoms with E-state index in [4.69, 9.17) is 11.6 Å². The SMILES string of the molecule is ClC1[C@H]2CCCCC[C@H]12. The van der Waals surface area contributed by atoms with E-state index in [2.05, 4.69) is 0 Å². The van der Waals surface area contributed by atoms with Crippen molar-refractivity contribution in [3.05, 3.63) is 0 Å². The van der Waals surface area contributed by atoms with E-state index in [1.807, 2.05) is 0 Å². The standard InChI is InChI=1S/C8H13Cl/c9-8-6-4-2-1-3-5-7(6)8/h6-8H,1-5H2/t6-,7-/m0/s1. The monoisotopic (exact) mass is 144 g/mol. The second-order valence-electron chi connectivity index (χ2n) is 3.41. The van der Waals surface area contributed by atoms with E-state index in [1.165, 1.54) is 32.1 Å². The fourth-order valence-electron chi connectivity index (χ4n) is 2.08. The van der Waals surface area contributed by atoms with Crippen LogP contribution in [-0.2, 0) is 0 Å². The van der Waals surface area contributed by atoms with Crippen LogP contribution in [0, 0.1) is 11.8 Å². The third kappa shape index (κ3) is 0.980. The second kappa shape index (κ2) is 2.16. The summed E-state index contributed by atoms with van der Waals surface area (Å²) in [4.78, 5) is 0. The van der Waals surface area contributed by atoms with E-state index in [1.54, 1.807) is 0 Å². The molecule has 0 aromatic heterocycles.